The van der Waals surface area contributed by atoms with E-state index in [1.54, 1.807) is 0 Å². The molecule has 0 radical (unpaired) electrons. The van der Waals surface area contributed by atoms with Gasteiger partial charge >= 0.3 is 0 Å². The lowest BCUT2D eigenvalue weighted by molar-refractivity contribution is 0.314. The number of ether oxygens (including phenoxy) is 1. The second-order valence-corrected chi connectivity index (χ2v) is 3.49. The van der Waals surface area contributed by atoms with Crippen LogP contribution in [0.2, 0.25) is 0 Å². The Morgan fingerprint density at radius 3 is 2.83 bits per heavy atom. The average Bonchev–Trinajstić information content (AvgIpc) is 2.45. The Kier molecular flexibility index (Phi) is 4.12. The molecule has 1 atom stereocenters. The summed E-state index contributed by atoms with van der Waals surface area (Å²) in [4.78, 5) is 4.38. The molecule has 0 saturated carbocycles. The molecule has 0 aromatic heterocycles. The summed E-state index contributed by atoms with van der Waals surface area (Å²) in [6.07, 6.45) is 6.23. The molecule has 0 N–H and O–H groups in total. The Morgan fingerprint density at radius 2 is 2.25 bits per heavy atom. The average molecular weight is 169 g/mol. The minimum absolute atomic E-state index is 0.395. The van der Waals surface area contributed by atoms with E-state index in [0.29, 0.717) is 6.04 Å². The van der Waals surface area contributed by atoms with Crippen molar-refractivity contribution in [1.82, 2.24) is 0 Å². The highest BCUT2D eigenvalue weighted by Gasteiger charge is 2.12. The molecule has 1 aliphatic heterocycles. The number of hydrogen-bond donors (Lipinski definition) is 0. The number of rotatable bonds is 5. The molecule has 0 aromatic carbocycles. The lowest BCUT2D eigenvalue weighted by atomic mass is 10.1. The van der Waals surface area contributed by atoms with Crippen molar-refractivity contribution in [3.05, 3.63) is 0 Å². The van der Waals surface area contributed by atoms with Gasteiger partial charge in [-0.25, -0.2) is 4.99 Å². The van der Waals surface area contributed by atoms with E-state index in [4.69, 9.17) is 4.74 Å². The summed E-state index contributed by atoms with van der Waals surface area (Å²) in [5.41, 5.74) is 0. The number of aliphatic imine (C=N–C) groups is 1. The van der Waals surface area contributed by atoms with Crippen LogP contribution >= 0.6 is 0 Å². The van der Waals surface area contributed by atoms with Crippen molar-refractivity contribution in [2.45, 2.75) is 52.0 Å². The van der Waals surface area contributed by atoms with Crippen molar-refractivity contribution in [1.29, 1.82) is 0 Å². The molecule has 1 unspecified atom stereocenters. The zero-order valence-corrected chi connectivity index (χ0v) is 8.18. The molecule has 0 aliphatic carbocycles. The fraction of sp³-hybridized carbons (Fsp3) is 0.900. The highest BCUT2D eigenvalue weighted by Crippen LogP contribution is 2.10. The molecule has 70 valence electrons. The molecule has 1 aliphatic rings. The molecule has 0 bridgehead atoms. The molecule has 0 fully saturated rings. The SMILES string of the molecule is CCCCCCC1=NC(C)CO1. The van der Waals surface area contributed by atoms with Crippen LogP contribution in [0.25, 0.3) is 0 Å². The van der Waals surface area contributed by atoms with Gasteiger partial charge in [0.15, 0.2) is 5.90 Å². The van der Waals surface area contributed by atoms with Crippen molar-refractivity contribution in [2.75, 3.05) is 6.61 Å². The molecule has 0 amide bonds. The zero-order chi connectivity index (χ0) is 8.81. The molecule has 1 rings (SSSR count). The third-order valence-corrected chi connectivity index (χ3v) is 2.10. The van der Waals surface area contributed by atoms with Crippen LogP contribution in [0.1, 0.15) is 46.0 Å². The molecule has 0 spiro atoms. The molecular weight excluding hydrogens is 150 g/mol. The van der Waals surface area contributed by atoms with E-state index >= 15 is 0 Å². The van der Waals surface area contributed by atoms with E-state index in [2.05, 4.69) is 18.8 Å². The summed E-state index contributed by atoms with van der Waals surface area (Å²) in [5, 5.41) is 0. The van der Waals surface area contributed by atoms with E-state index in [9.17, 15) is 0 Å². The molecule has 0 aromatic rings. The maximum Gasteiger partial charge on any atom is 0.183 e. The monoisotopic (exact) mass is 169 g/mol. The predicted molar refractivity (Wildman–Crippen MR) is 51.6 cm³/mol. The van der Waals surface area contributed by atoms with Crippen molar-refractivity contribution < 1.29 is 4.74 Å². The lowest BCUT2D eigenvalue weighted by Gasteiger charge is -1.99. The van der Waals surface area contributed by atoms with Gasteiger partial charge in [0, 0.05) is 6.42 Å². The molecule has 2 heteroatoms. The Bertz CT molecular complexity index is 154. The largest absolute Gasteiger partial charge is 0.479 e. The predicted octanol–water partition coefficient (Wildman–Crippen LogP) is 2.77. The molecular formula is C10H19NO. The second-order valence-electron chi connectivity index (χ2n) is 3.49. The number of unbranched alkanes of at least 4 members (excludes halogenated alkanes) is 3. The fourth-order valence-electron chi connectivity index (χ4n) is 1.38. The second kappa shape index (κ2) is 5.18. The van der Waals surface area contributed by atoms with Gasteiger partial charge in [-0.15, -0.1) is 0 Å². The van der Waals surface area contributed by atoms with Crippen LogP contribution in [-0.4, -0.2) is 18.5 Å². The summed E-state index contributed by atoms with van der Waals surface area (Å²) in [6.45, 7) is 5.12. The highest BCUT2D eigenvalue weighted by molar-refractivity contribution is 5.77. The summed E-state index contributed by atoms with van der Waals surface area (Å²) < 4.78 is 5.40. The van der Waals surface area contributed by atoms with Crippen molar-refractivity contribution in [2.24, 2.45) is 4.99 Å². The third-order valence-electron chi connectivity index (χ3n) is 2.10. The van der Waals surface area contributed by atoms with Crippen molar-refractivity contribution in [3.63, 3.8) is 0 Å². The maximum absolute atomic E-state index is 5.40. The first-order valence-corrected chi connectivity index (χ1v) is 5.02. The summed E-state index contributed by atoms with van der Waals surface area (Å²) in [7, 11) is 0. The van der Waals surface area contributed by atoms with E-state index in [0.717, 1.165) is 18.9 Å². The van der Waals surface area contributed by atoms with Crippen LogP contribution in [-0.2, 0) is 4.74 Å². The van der Waals surface area contributed by atoms with Gasteiger partial charge in [0.1, 0.15) is 6.61 Å². The number of hydrogen-bond acceptors (Lipinski definition) is 2. The first-order valence-electron chi connectivity index (χ1n) is 5.02. The van der Waals surface area contributed by atoms with E-state index < -0.39 is 0 Å². The first-order chi connectivity index (χ1) is 5.83. The Balaban J connectivity index is 2.03. The topological polar surface area (TPSA) is 21.6 Å². The van der Waals surface area contributed by atoms with Gasteiger partial charge in [0.25, 0.3) is 0 Å². The summed E-state index contributed by atoms with van der Waals surface area (Å²) >= 11 is 0. The standard InChI is InChI=1S/C10H19NO/c1-3-4-5-6-7-10-11-9(2)8-12-10/h9H,3-8H2,1-2H3. The van der Waals surface area contributed by atoms with Gasteiger partial charge in [0.2, 0.25) is 0 Å². The first kappa shape index (κ1) is 9.56. The Hall–Kier alpha value is -0.530. The summed E-state index contributed by atoms with van der Waals surface area (Å²) in [6, 6.07) is 0.395. The van der Waals surface area contributed by atoms with Gasteiger partial charge in [-0.1, -0.05) is 26.2 Å². The number of nitrogens with zero attached hydrogens (tertiary/aromatic N) is 1. The Morgan fingerprint density at radius 1 is 1.42 bits per heavy atom. The maximum atomic E-state index is 5.40. The van der Waals surface area contributed by atoms with Crippen LogP contribution in [0.5, 0.6) is 0 Å². The molecule has 12 heavy (non-hydrogen) atoms. The van der Waals surface area contributed by atoms with Crippen LogP contribution in [0.4, 0.5) is 0 Å². The van der Waals surface area contributed by atoms with Crippen LogP contribution < -0.4 is 0 Å². The molecule has 2 nitrogen and oxygen atoms in total. The minimum Gasteiger partial charge on any atom is -0.479 e. The quantitative estimate of drug-likeness (QED) is 0.580. The van der Waals surface area contributed by atoms with Gasteiger partial charge in [0.05, 0.1) is 6.04 Å². The van der Waals surface area contributed by atoms with Crippen molar-refractivity contribution >= 4 is 5.90 Å². The van der Waals surface area contributed by atoms with Crippen LogP contribution in [0.15, 0.2) is 4.99 Å². The van der Waals surface area contributed by atoms with E-state index in [1.165, 1.54) is 25.7 Å². The van der Waals surface area contributed by atoms with Crippen LogP contribution in [0.3, 0.4) is 0 Å². The van der Waals surface area contributed by atoms with Crippen LogP contribution in [0, 0.1) is 0 Å². The van der Waals surface area contributed by atoms with Gasteiger partial charge in [-0.3, -0.25) is 0 Å². The van der Waals surface area contributed by atoms with Gasteiger partial charge < -0.3 is 4.74 Å². The minimum atomic E-state index is 0.395. The lowest BCUT2D eigenvalue weighted by Crippen LogP contribution is -2.00. The van der Waals surface area contributed by atoms with Gasteiger partial charge in [-0.05, 0) is 13.3 Å². The fourth-order valence-corrected chi connectivity index (χ4v) is 1.38. The summed E-state index contributed by atoms with van der Waals surface area (Å²) in [5.74, 6) is 0.985. The van der Waals surface area contributed by atoms with E-state index in [-0.39, 0.29) is 0 Å². The normalized spacial score (nSPS) is 22.2. The van der Waals surface area contributed by atoms with E-state index in [1.807, 2.05) is 0 Å². The Labute approximate surface area is 75.0 Å². The molecule has 1 heterocycles. The van der Waals surface area contributed by atoms with Crippen molar-refractivity contribution in [3.8, 4) is 0 Å². The smallest absolute Gasteiger partial charge is 0.183 e. The zero-order valence-electron chi connectivity index (χ0n) is 8.18. The third kappa shape index (κ3) is 3.24. The molecule has 0 saturated heterocycles. The van der Waals surface area contributed by atoms with Gasteiger partial charge in [-0.2, -0.15) is 0 Å². The highest BCUT2D eigenvalue weighted by atomic mass is 16.5.